The first kappa shape index (κ1) is 16.9. The van der Waals surface area contributed by atoms with E-state index in [9.17, 15) is 0 Å². The van der Waals surface area contributed by atoms with Gasteiger partial charge in [-0.2, -0.15) is 5.12 Å². The molecule has 1 aliphatic rings. The molecule has 0 spiro atoms. The Morgan fingerprint density at radius 3 is 1.00 bits per heavy atom. The van der Waals surface area contributed by atoms with Crippen molar-refractivity contribution in [1.82, 2.24) is 15.1 Å². The summed E-state index contributed by atoms with van der Waals surface area (Å²) < 4.78 is 0. The van der Waals surface area contributed by atoms with Gasteiger partial charge in [-0.15, -0.1) is 0 Å². The molecular weight excluding hydrogens is 234 g/mol. The molecule has 1 fully saturated rings. The molecule has 0 aliphatic carbocycles. The first-order valence-corrected chi connectivity index (χ1v) is 8.41. The second-order valence-corrected chi connectivity index (χ2v) is 5.60. The summed E-state index contributed by atoms with van der Waals surface area (Å²) in [6, 6.07) is 0. The molecule has 0 aromatic carbocycles. The first-order chi connectivity index (χ1) is 9.08. The van der Waals surface area contributed by atoms with E-state index in [1.807, 2.05) is 0 Å². The highest BCUT2D eigenvalue weighted by atomic mass is 15.9. The fraction of sp³-hybridized carbons (Fsp3) is 1.00. The van der Waals surface area contributed by atoms with Crippen molar-refractivity contribution in [3.8, 4) is 0 Å². The highest BCUT2D eigenvalue weighted by Crippen LogP contribution is 2.50. The molecule has 0 radical (unpaired) electrons. The molecule has 1 heterocycles. The maximum Gasteiger partial charge on any atom is 0.0561 e. The van der Waals surface area contributed by atoms with Gasteiger partial charge in [0.15, 0.2) is 0 Å². The van der Waals surface area contributed by atoms with Crippen LogP contribution in [0.3, 0.4) is 0 Å². The van der Waals surface area contributed by atoms with E-state index in [-0.39, 0.29) is 11.1 Å². The third-order valence-corrected chi connectivity index (χ3v) is 5.63. The van der Waals surface area contributed by atoms with Crippen molar-refractivity contribution in [2.45, 2.75) is 85.2 Å². The molecule has 0 unspecified atom stereocenters. The second-order valence-electron chi connectivity index (χ2n) is 5.60. The van der Waals surface area contributed by atoms with Gasteiger partial charge in [-0.25, -0.2) is 10.0 Å². The second kappa shape index (κ2) is 6.55. The lowest BCUT2D eigenvalue weighted by molar-refractivity contribution is -0.147. The maximum absolute atomic E-state index is 2.66. The van der Waals surface area contributed by atoms with Crippen molar-refractivity contribution in [1.29, 1.82) is 0 Å². The van der Waals surface area contributed by atoms with Gasteiger partial charge in [0.25, 0.3) is 0 Å². The molecule has 0 atom stereocenters. The van der Waals surface area contributed by atoms with Gasteiger partial charge in [-0.1, -0.05) is 41.5 Å². The van der Waals surface area contributed by atoms with E-state index in [2.05, 4.69) is 63.6 Å². The maximum atomic E-state index is 2.66. The number of hydrogen-bond acceptors (Lipinski definition) is 3. The molecular formula is C16H35N3. The molecule has 19 heavy (non-hydrogen) atoms. The van der Waals surface area contributed by atoms with E-state index in [0.29, 0.717) is 0 Å². The van der Waals surface area contributed by atoms with Crippen LogP contribution in [-0.2, 0) is 0 Å². The molecule has 3 nitrogen and oxygen atoms in total. The Hall–Kier alpha value is -0.120. The van der Waals surface area contributed by atoms with Gasteiger partial charge in [0.1, 0.15) is 0 Å². The molecule has 0 N–H and O–H groups in total. The van der Waals surface area contributed by atoms with E-state index >= 15 is 0 Å². The van der Waals surface area contributed by atoms with Gasteiger partial charge in [0, 0.05) is 19.6 Å². The van der Waals surface area contributed by atoms with Crippen molar-refractivity contribution in [2.24, 2.45) is 0 Å². The first-order valence-electron chi connectivity index (χ1n) is 8.41. The van der Waals surface area contributed by atoms with Gasteiger partial charge in [-0.05, 0) is 32.6 Å². The third-order valence-electron chi connectivity index (χ3n) is 5.63. The van der Waals surface area contributed by atoms with Crippen LogP contribution in [0.5, 0.6) is 0 Å². The molecule has 1 aliphatic heterocycles. The van der Waals surface area contributed by atoms with E-state index in [0.717, 1.165) is 19.6 Å². The van der Waals surface area contributed by atoms with Crippen LogP contribution in [0, 0.1) is 0 Å². The zero-order chi connectivity index (χ0) is 14.7. The lowest BCUT2D eigenvalue weighted by Crippen LogP contribution is -2.60. The molecule has 114 valence electrons. The number of hydrogen-bond donors (Lipinski definition) is 0. The molecule has 0 amide bonds. The fourth-order valence-corrected chi connectivity index (χ4v) is 4.87. The molecule has 1 saturated heterocycles. The highest BCUT2D eigenvalue weighted by molar-refractivity contribution is 5.12. The van der Waals surface area contributed by atoms with Gasteiger partial charge >= 0.3 is 0 Å². The van der Waals surface area contributed by atoms with Gasteiger partial charge in [0.2, 0.25) is 0 Å². The zero-order valence-corrected chi connectivity index (χ0v) is 14.3. The molecule has 0 saturated carbocycles. The molecule has 1 rings (SSSR count). The average Bonchev–Trinajstić information content (AvgIpc) is 2.71. The Morgan fingerprint density at radius 2 is 0.842 bits per heavy atom. The predicted molar refractivity (Wildman–Crippen MR) is 83.8 cm³/mol. The Bertz CT molecular complexity index is 243. The third kappa shape index (κ3) is 2.05. The summed E-state index contributed by atoms with van der Waals surface area (Å²) in [6.45, 7) is 19.7. The Labute approximate surface area is 120 Å². The van der Waals surface area contributed by atoms with Crippen LogP contribution in [0.1, 0.15) is 74.1 Å². The van der Waals surface area contributed by atoms with Crippen molar-refractivity contribution in [3.63, 3.8) is 0 Å². The minimum Gasteiger partial charge on any atom is -0.220 e. The topological polar surface area (TPSA) is 9.72 Å². The SMILES string of the molecule is CCN1N(CC)C(CC)(CC)C(CC)(CC)N1CC. The summed E-state index contributed by atoms with van der Waals surface area (Å²) in [7, 11) is 0. The largest absolute Gasteiger partial charge is 0.220 e. The summed E-state index contributed by atoms with van der Waals surface area (Å²) in [5.74, 6) is 0. The van der Waals surface area contributed by atoms with E-state index < -0.39 is 0 Å². The Kier molecular flexibility index (Phi) is 5.84. The Morgan fingerprint density at radius 1 is 0.526 bits per heavy atom. The lowest BCUT2D eigenvalue weighted by atomic mass is 9.69. The van der Waals surface area contributed by atoms with Crippen LogP contribution in [0.15, 0.2) is 0 Å². The lowest BCUT2D eigenvalue weighted by Gasteiger charge is -2.48. The van der Waals surface area contributed by atoms with E-state index in [1.165, 1.54) is 25.7 Å². The summed E-state index contributed by atoms with van der Waals surface area (Å²) in [5, 5.41) is 7.84. The summed E-state index contributed by atoms with van der Waals surface area (Å²) in [6.07, 6.45) is 4.91. The minimum absolute atomic E-state index is 0.289. The zero-order valence-electron chi connectivity index (χ0n) is 14.3. The Balaban J connectivity index is 3.43. The van der Waals surface area contributed by atoms with Crippen molar-refractivity contribution < 1.29 is 0 Å². The van der Waals surface area contributed by atoms with Crippen LogP contribution >= 0.6 is 0 Å². The number of hydrazine groups is 2. The van der Waals surface area contributed by atoms with Gasteiger partial charge < -0.3 is 0 Å². The number of likely N-dealkylation sites (N-methyl/N-ethyl adjacent to an activating group) is 2. The molecule has 0 aromatic rings. The van der Waals surface area contributed by atoms with Crippen LogP contribution in [0.25, 0.3) is 0 Å². The summed E-state index contributed by atoms with van der Waals surface area (Å²) >= 11 is 0. The monoisotopic (exact) mass is 269 g/mol. The minimum atomic E-state index is 0.289. The van der Waals surface area contributed by atoms with Crippen molar-refractivity contribution in [2.75, 3.05) is 19.6 Å². The predicted octanol–water partition coefficient (Wildman–Crippen LogP) is 3.91. The molecule has 3 heteroatoms. The number of nitrogens with zero attached hydrogens (tertiary/aromatic N) is 3. The van der Waals surface area contributed by atoms with Gasteiger partial charge in [-0.3, -0.25) is 0 Å². The van der Waals surface area contributed by atoms with Crippen molar-refractivity contribution >= 4 is 0 Å². The smallest absolute Gasteiger partial charge is 0.0561 e. The van der Waals surface area contributed by atoms with Crippen LogP contribution < -0.4 is 0 Å². The summed E-state index contributed by atoms with van der Waals surface area (Å²) in [4.78, 5) is 0. The highest BCUT2D eigenvalue weighted by Gasteiger charge is 2.61. The molecule has 0 bridgehead atoms. The van der Waals surface area contributed by atoms with Gasteiger partial charge in [0.05, 0.1) is 11.1 Å². The average molecular weight is 269 g/mol. The normalized spacial score (nSPS) is 24.2. The van der Waals surface area contributed by atoms with Crippen LogP contribution in [0.4, 0.5) is 0 Å². The summed E-state index contributed by atoms with van der Waals surface area (Å²) in [5.41, 5.74) is 0.578. The van der Waals surface area contributed by atoms with E-state index in [4.69, 9.17) is 0 Å². The molecule has 0 aromatic heterocycles. The van der Waals surface area contributed by atoms with Crippen molar-refractivity contribution in [3.05, 3.63) is 0 Å². The fourth-order valence-electron chi connectivity index (χ4n) is 4.87. The van der Waals surface area contributed by atoms with Crippen LogP contribution in [0.2, 0.25) is 0 Å². The van der Waals surface area contributed by atoms with E-state index in [1.54, 1.807) is 0 Å². The quantitative estimate of drug-likeness (QED) is 0.694. The standard InChI is InChI=1S/C16H35N3/c1-8-15(9-2)16(10-3,11-4)18(13-6)19(14-7)17(15)12-5/h8-14H2,1-7H3. The number of rotatable bonds is 7. The van der Waals surface area contributed by atoms with Crippen LogP contribution in [-0.4, -0.2) is 45.8 Å².